The average molecular weight is 398 g/mol. The van der Waals surface area contributed by atoms with Crippen LogP contribution in [0.25, 0.3) is 0 Å². The molecule has 1 aromatic carbocycles. The van der Waals surface area contributed by atoms with Crippen molar-refractivity contribution in [2.45, 2.75) is 117 Å². The van der Waals surface area contributed by atoms with Crippen LogP contribution < -0.4 is 4.57 Å². The normalized spacial score (nSPS) is 11.2. The molecule has 0 amide bonds. The highest BCUT2D eigenvalue weighted by atomic mass is 15.1. The zero-order valence-electron chi connectivity index (χ0n) is 19.2. The Morgan fingerprint density at radius 2 is 1.28 bits per heavy atom. The second-order valence-electron chi connectivity index (χ2n) is 8.66. The molecule has 2 nitrogen and oxygen atoms in total. The van der Waals surface area contributed by atoms with E-state index in [1.165, 1.54) is 108 Å². The standard InChI is InChI=1S/C27H45N2/c1-3-5-7-8-9-10-11-12-13-14-18-22-28-23-24-29(27(28)21-6-4-2)25-26-19-16-15-17-20-26/h15-17,19-20,23-24H,3-14,18,21-22,25H2,1-2H3/q+1. The first kappa shape index (κ1) is 23.7. The monoisotopic (exact) mass is 397 g/mol. The van der Waals surface area contributed by atoms with E-state index >= 15 is 0 Å². The van der Waals surface area contributed by atoms with Gasteiger partial charge in [-0.2, -0.15) is 0 Å². The van der Waals surface area contributed by atoms with Gasteiger partial charge in [0.1, 0.15) is 18.9 Å². The van der Waals surface area contributed by atoms with Crippen molar-refractivity contribution >= 4 is 0 Å². The van der Waals surface area contributed by atoms with Crippen molar-refractivity contribution in [2.75, 3.05) is 0 Å². The fourth-order valence-corrected chi connectivity index (χ4v) is 4.19. The van der Waals surface area contributed by atoms with Gasteiger partial charge in [-0.15, -0.1) is 0 Å². The molecule has 0 fully saturated rings. The number of imidazole rings is 1. The molecule has 0 spiro atoms. The van der Waals surface area contributed by atoms with Crippen molar-refractivity contribution in [3.05, 3.63) is 54.1 Å². The van der Waals surface area contributed by atoms with Crippen molar-refractivity contribution < 1.29 is 4.57 Å². The molecule has 0 saturated carbocycles. The molecule has 2 aromatic rings. The lowest BCUT2D eigenvalue weighted by atomic mass is 10.1. The minimum atomic E-state index is 0.991. The molecule has 0 saturated heterocycles. The molecule has 0 atom stereocenters. The Balaban J connectivity index is 1.68. The summed E-state index contributed by atoms with van der Waals surface area (Å²) in [5, 5.41) is 0. The Morgan fingerprint density at radius 1 is 0.690 bits per heavy atom. The minimum Gasteiger partial charge on any atom is -0.234 e. The van der Waals surface area contributed by atoms with Crippen LogP contribution in [-0.2, 0) is 19.5 Å². The van der Waals surface area contributed by atoms with Crippen molar-refractivity contribution in [2.24, 2.45) is 0 Å². The van der Waals surface area contributed by atoms with Crippen LogP contribution in [0.4, 0.5) is 0 Å². The van der Waals surface area contributed by atoms with E-state index < -0.39 is 0 Å². The van der Waals surface area contributed by atoms with Crippen LogP contribution in [0.15, 0.2) is 42.7 Å². The maximum Gasteiger partial charge on any atom is 0.256 e. The average Bonchev–Trinajstić information content (AvgIpc) is 3.12. The summed E-state index contributed by atoms with van der Waals surface area (Å²) in [6.45, 7) is 6.75. The Labute approximate surface area is 180 Å². The number of hydrogen-bond acceptors (Lipinski definition) is 0. The SMILES string of the molecule is CCCCCCCCCCCCCn1cc[n+](Cc2ccccc2)c1CCCC. The molecular formula is C27H45N2+. The van der Waals surface area contributed by atoms with Crippen molar-refractivity contribution in [3.63, 3.8) is 0 Å². The van der Waals surface area contributed by atoms with Gasteiger partial charge in [-0.1, -0.05) is 108 Å². The van der Waals surface area contributed by atoms with E-state index in [1.54, 1.807) is 0 Å². The summed E-state index contributed by atoms with van der Waals surface area (Å²) in [6.07, 6.45) is 23.8. The third kappa shape index (κ3) is 9.65. The largest absolute Gasteiger partial charge is 0.256 e. The Morgan fingerprint density at radius 3 is 1.90 bits per heavy atom. The molecule has 0 bridgehead atoms. The highest BCUT2D eigenvalue weighted by Gasteiger charge is 2.16. The lowest BCUT2D eigenvalue weighted by molar-refractivity contribution is -0.695. The summed E-state index contributed by atoms with van der Waals surface area (Å²) in [5.41, 5.74) is 1.39. The maximum atomic E-state index is 2.52. The zero-order chi connectivity index (χ0) is 20.6. The number of rotatable bonds is 17. The quantitative estimate of drug-likeness (QED) is 0.193. The molecule has 0 aliphatic heterocycles. The summed E-state index contributed by atoms with van der Waals surface area (Å²) in [7, 11) is 0. The fraction of sp³-hybridized carbons (Fsp3) is 0.667. The smallest absolute Gasteiger partial charge is 0.234 e. The summed E-state index contributed by atoms with van der Waals surface area (Å²) < 4.78 is 4.98. The van der Waals surface area contributed by atoms with Gasteiger partial charge in [0.05, 0.1) is 6.54 Å². The van der Waals surface area contributed by atoms with Crippen LogP contribution >= 0.6 is 0 Å². The topological polar surface area (TPSA) is 8.81 Å². The van der Waals surface area contributed by atoms with Gasteiger partial charge < -0.3 is 0 Å². The van der Waals surface area contributed by atoms with Gasteiger partial charge in [-0.3, -0.25) is 0 Å². The van der Waals surface area contributed by atoms with Gasteiger partial charge in [-0.25, -0.2) is 9.13 Å². The summed E-state index contributed by atoms with van der Waals surface area (Å²) in [5.74, 6) is 1.50. The molecule has 29 heavy (non-hydrogen) atoms. The predicted octanol–water partition coefficient (Wildman–Crippen LogP) is 7.48. The third-order valence-corrected chi connectivity index (χ3v) is 6.04. The van der Waals surface area contributed by atoms with E-state index in [1.807, 2.05) is 0 Å². The molecule has 0 aliphatic rings. The molecule has 0 aliphatic carbocycles. The van der Waals surface area contributed by atoms with E-state index in [4.69, 9.17) is 0 Å². The molecular weight excluding hydrogens is 352 g/mol. The molecule has 0 N–H and O–H groups in total. The van der Waals surface area contributed by atoms with Gasteiger partial charge in [-0.05, 0) is 24.8 Å². The van der Waals surface area contributed by atoms with Crippen LogP contribution in [0, 0.1) is 0 Å². The third-order valence-electron chi connectivity index (χ3n) is 6.04. The fourth-order valence-electron chi connectivity index (χ4n) is 4.19. The van der Waals surface area contributed by atoms with E-state index in [0.717, 1.165) is 6.54 Å². The highest BCUT2D eigenvalue weighted by molar-refractivity contribution is 5.13. The number of hydrogen-bond donors (Lipinski definition) is 0. The van der Waals surface area contributed by atoms with Crippen molar-refractivity contribution in [3.8, 4) is 0 Å². The van der Waals surface area contributed by atoms with Crippen LogP contribution in [0.1, 0.15) is 109 Å². The first-order valence-corrected chi connectivity index (χ1v) is 12.5. The molecule has 2 heteroatoms. The van der Waals surface area contributed by atoms with Gasteiger partial charge >= 0.3 is 0 Å². The van der Waals surface area contributed by atoms with Gasteiger partial charge in [0, 0.05) is 6.42 Å². The summed E-state index contributed by atoms with van der Waals surface area (Å²) >= 11 is 0. The van der Waals surface area contributed by atoms with Gasteiger partial charge in [0.15, 0.2) is 0 Å². The number of benzene rings is 1. The van der Waals surface area contributed by atoms with E-state index in [-0.39, 0.29) is 0 Å². The first-order chi connectivity index (χ1) is 14.3. The Kier molecular flexibility index (Phi) is 12.5. The number of aryl methyl sites for hydroxylation is 1. The van der Waals surface area contributed by atoms with Gasteiger partial charge in [0.25, 0.3) is 5.82 Å². The van der Waals surface area contributed by atoms with Crippen LogP contribution in [-0.4, -0.2) is 4.57 Å². The lowest BCUT2D eigenvalue weighted by Gasteiger charge is -2.06. The number of unbranched alkanes of at least 4 members (excludes halogenated alkanes) is 11. The van der Waals surface area contributed by atoms with Crippen molar-refractivity contribution in [1.82, 2.24) is 4.57 Å². The van der Waals surface area contributed by atoms with Crippen LogP contribution in [0.5, 0.6) is 0 Å². The lowest BCUT2D eigenvalue weighted by Crippen LogP contribution is -2.37. The van der Waals surface area contributed by atoms with E-state index in [0.29, 0.717) is 0 Å². The summed E-state index contributed by atoms with van der Waals surface area (Å²) in [6, 6.07) is 10.9. The molecule has 162 valence electrons. The molecule has 0 radical (unpaired) electrons. The maximum absolute atomic E-state index is 2.52. The Hall–Kier alpha value is -1.57. The van der Waals surface area contributed by atoms with Crippen LogP contribution in [0.3, 0.4) is 0 Å². The zero-order valence-corrected chi connectivity index (χ0v) is 19.2. The second kappa shape index (κ2) is 15.3. The number of aromatic nitrogens is 2. The van der Waals surface area contributed by atoms with Crippen molar-refractivity contribution in [1.29, 1.82) is 0 Å². The van der Waals surface area contributed by atoms with E-state index in [9.17, 15) is 0 Å². The predicted molar refractivity (Wildman–Crippen MR) is 125 cm³/mol. The molecule has 1 heterocycles. The Bertz CT molecular complexity index is 629. The highest BCUT2D eigenvalue weighted by Crippen LogP contribution is 2.12. The first-order valence-electron chi connectivity index (χ1n) is 12.5. The minimum absolute atomic E-state index is 0.991. The van der Waals surface area contributed by atoms with Gasteiger partial charge in [0.2, 0.25) is 0 Å². The molecule has 1 aromatic heterocycles. The number of nitrogens with zero attached hydrogens (tertiary/aromatic N) is 2. The summed E-state index contributed by atoms with van der Waals surface area (Å²) in [4.78, 5) is 0. The second-order valence-corrected chi connectivity index (χ2v) is 8.66. The van der Waals surface area contributed by atoms with Crippen LogP contribution in [0.2, 0.25) is 0 Å². The molecule has 2 rings (SSSR count). The van der Waals surface area contributed by atoms with E-state index in [2.05, 4.69) is 65.7 Å². The molecule has 0 unspecified atom stereocenters.